The van der Waals surface area contributed by atoms with Crippen molar-refractivity contribution in [3.8, 4) is 0 Å². The lowest BCUT2D eigenvalue weighted by atomic mass is 10.1. The topological polar surface area (TPSA) is 47.3 Å². The van der Waals surface area contributed by atoms with Crippen LogP contribution in [0.15, 0.2) is 0 Å². The van der Waals surface area contributed by atoms with Crippen LogP contribution in [0.1, 0.15) is 24.7 Å². The van der Waals surface area contributed by atoms with Crippen LogP contribution < -0.4 is 0 Å². The molecule has 0 spiro atoms. The first-order valence-electron chi connectivity index (χ1n) is 5.48. The summed E-state index contributed by atoms with van der Waals surface area (Å²) in [6, 6.07) is 0. The van der Waals surface area contributed by atoms with Crippen LogP contribution in [-0.4, -0.2) is 34.7 Å². The summed E-state index contributed by atoms with van der Waals surface area (Å²) in [6.45, 7) is 5.07. The molecule has 0 amide bonds. The van der Waals surface area contributed by atoms with E-state index in [4.69, 9.17) is 16.3 Å². The molecule has 92 valence electrons. The zero-order valence-electron chi connectivity index (χ0n) is 10.0. The summed E-state index contributed by atoms with van der Waals surface area (Å²) in [5.41, 5.74) is 1.84. The van der Waals surface area contributed by atoms with Crippen molar-refractivity contribution in [3.63, 3.8) is 0 Å². The number of aliphatic hydroxyl groups excluding tert-OH is 1. The number of ether oxygens (including phenoxy) is 1. The van der Waals surface area contributed by atoms with Gasteiger partial charge in [0, 0.05) is 13.7 Å². The molecule has 0 fully saturated rings. The van der Waals surface area contributed by atoms with E-state index in [9.17, 15) is 5.11 Å². The van der Waals surface area contributed by atoms with Crippen LogP contribution in [0.3, 0.4) is 0 Å². The molecule has 5 heteroatoms. The lowest BCUT2D eigenvalue weighted by Gasteiger charge is -2.10. The van der Waals surface area contributed by atoms with Crippen molar-refractivity contribution < 1.29 is 9.84 Å². The van der Waals surface area contributed by atoms with Gasteiger partial charge in [-0.15, -0.1) is 0 Å². The summed E-state index contributed by atoms with van der Waals surface area (Å²) in [5, 5.41) is 14.6. The van der Waals surface area contributed by atoms with Crippen LogP contribution >= 0.6 is 11.6 Å². The van der Waals surface area contributed by atoms with Gasteiger partial charge >= 0.3 is 0 Å². The summed E-state index contributed by atoms with van der Waals surface area (Å²) in [6.07, 6.45) is 0.915. The zero-order valence-corrected chi connectivity index (χ0v) is 10.8. The van der Waals surface area contributed by atoms with Gasteiger partial charge in [-0.1, -0.05) is 11.6 Å². The molecule has 1 N–H and O–H groups in total. The maximum Gasteiger partial charge on any atom is 0.0847 e. The first-order chi connectivity index (χ1) is 7.60. The minimum Gasteiger partial charge on any atom is -0.391 e. The second-order valence-corrected chi connectivity index (χ2v) is 4.19. The smallest absolute Gasteiger partial charge is 0.0847 e. The van der Waals surface area contributed by atoms with Crippen molar-refractivity contribution in [2.24, 2.45) is 0 Å². The summed E-state index contributed by atoms with van der Waals surface area (Å²) in [4.78, 5) is 0. The maximum absolute atomic E-state index is 9.57. The maximum atomic E-state index is 9.57. The molecule has 1 aromatic heterocycles. The van der Waals surface area contributed by atoms with Crippen molar-refractivity contribution >= 4 is 11.6 Å². The highest BCUT2D eigenvalue weighted by atomic mass is 35.5. The Morgan fingerprint density at radius 3 is 2.81 bits per heavy atom. The highest BCUT2D eigenvalue weighted by Gasteiger charge is 2.14. The first-order valence-corrected chi connectivity index (χ1v) is 5.86. The highest BCUT2D eigenvalue weighted by Crippen LogP contribution is 2.21. The van der Waals surface area contributed by atoms with E-state index in [1.165, 1.54) is 0 Å². The average Bonchev–Trinajstić information content (AvgIpc) is 2.53. The van der Waals surface area contributed by atoms with Gasteiger partial charge < -0.3 is 9.84 Å². The number of hydrogen-bond donors (Lipinski definition) is 1. The van der Waals surface area contributed by atoms with E-state index >= 15 is 0 Å². The predicted octanol–water partition coefficient (Wildman–Crippen LogP) is 1.80. The van der Waals surface area contributed by atoms with Crippen LogP contribution in [0.4, 0.5) is 0 Å². The molecule has 1 rings (SSSR count). The second-order valence-electron chi connectivity index (χ2n) is 3.81. The second kappa shape index (κ2) is 6.23. The Bertz CT molecular complexity index is 339. The Kier molecular flexibility index (Phi) is 5.25. The van der Waals surface area contributed by atoms with Crippen LogP contribution in [0, 0.1) is 6.92 Å². The van der Waals surface area contributed by atoms with Gasteiger partial charge in [-0.3, -0.25) is 4.68 Å². The Labute approximate surface area is 101 Å². The van der Waals surface area contributed by atoms with Crippen LogP contribution in [-0.2, 0) is 17.7 Å². The van der Waals surface area contributed by atoms with Crippen molar-refractivity contribution in [1.29, 1.82) is 0 Å². The van der Waals surface area contributed by atoms with Gasteiger partial charge in [0.05, 0.1) is 29.1 Å². The third-order valence-corrected chi connectivity index (χ3v) is 3.02. The van der Waals surface area contributed by atoms with Crippen molar-refractivity contribution in [2.75, 3.05) is 13.7 Å². The van der Waals surface area contributed by atoms with Crippen molar-refractivity contribution in [1.82, 2.24) is 9.78 Å². The van der Waals surface area contributed by atoms with E-state index in [2.05, 4.69) is 5.10 Å². The summed E-state index contributed by atoms with van der Waals surface area (Å²) >= 11 is 6.16. The number of halogens is 1. The van der Waals surface area contributed by atoms with Crippen LogP contribution in [0.2, 0.25) is 5.02 Å². The molecule has 0 saturated carbocycles. The molecule has 4 nitrogen and oxygen atoms in total. The molecule has 0 radical (unpaired) electrons. The number of methoxy groups -OCH3 is 1. The van der Waals surface area contributed by atoms with E-state index in [0.29, 0.717) is 18.1 Å². The van der Waals surface area contributed by atoms with E-state index in [-0.39, 0.29) is 0 Å². The molecule has 0 bridgehead atoms. The van der Waals surface area contributed by atoms with E-state index in [1.807, 2.05) is 18.5 Å². The fourth-order valence-electron chi connectivity index (χ4n) is 1.69. The minimum atomic E-state index is -0.443. The lowest BCUT2D eigenvalue weighted by Crippen LogP contribution is -2.16. The molecule has 1 heterocycles. The lowest BCUT2D eigenvalue weighted by molar-refractivity contribution is 0.0592. The summed E-state index contributed by atoms with van der Waals surface area (Å²) in [5.74, 6) is 0. The van der Waals surface area contributed by atoms with E-state index < -0.39 is 6.10 Å². The van der Waals surface area contributed by atoms with Gasteiger partial charge in [-0.2, -0.15) is 5.10 Å². The number of rotatable bonds is 6. The predicted molar refractivity (Wildman–Crippen MR) is 63.9 cm³/mol. The number of aromatic nitrogens is 2. The molecule has 0 aliphatic rings. The van der Waals surface area contributed by atoms with Crippen LogP contribution in [0.5, 0.6) is 0 Å². The fraction of sp³-hybridized carbons (Fsp3) is 0.727. The molecular formula is C11H19ClN2O2. The number of hydrogen-bond acceptors (Lipinski definition) is 3. The average molecular weight is 247 g/mol. The molecule has 0 saturated heterocycles. The SMILES string of the molecule is CCn1nc(C)c(Cl)c1CCC(O)COC. The number of nitrogens with zero attached hydrogens (tertiary/aromatic N) is 2. The Balaban J connectivity index is 2.65. The first kappa shape index (κ1) is 13.5. The number of aryl methyl sites for hydroxylation is 2. The van der Waals surface area contributed by atoms with Crippen LogP contribution in [0.25, 0.3) is 0 Å². The molecule has 1 unspecified atom stereocenters. The van der Waals surface area contributed by atoms with Gasteiger partial charge in [0.15, 0.2) is 0 Å². The molecule has 0 aromatic carbocycles. The molecule has 0 aliphatic carbocycles. The number of aliphatic hydroxyl groups is 1. The van der Waals surface area contributed by atoms with Gasteiger partial charge in [0.25, 0.3) is 0 Å². The van der Waals surface area contributed by atoms with Gasteiger partial charge in [0.2, 0.25) is 0 Å². The molecule has 1 atom stereocenters. The monoisotopic (exact) mass is 246 g/mol. The Hall–Kier alpha value is -0.580. The molecule has 1 aromatic rings. The van der Waals surface area contributed by atoms with Gasteiger partial charge in [-0.25, -0.2) is 0 Å². The fourth-order valence-corrected chi connectivity index (χ4v) is 1.92. The third kappa shape index (κ3) is 3.20. The zero-order chi connectivity index (χ0) is 12.1. The molecule has 16 heavy (non-hydrogen) atoms. The Morgan fingerprint density at radius 2 is 2.25 bits per heavy atom. The minimum absolute atomic E-state index is 0.358. The van der Waals surface area contributed by atoms with E-state index in [1.54, 1.807) is 7.11 Å². The van der Waals surface area contributed by atoms with Crippen molar-refractivity contribution in [3.05, 3.63) is 16.4 Å². The summed E-state index contributed by atoms with van der Waals surface area (Å²) < 4.78 is 6.76. The summed E-state index contributed by atoms with van der Waals surface area (Å²) in [7, 11) is 1.58. The van der Waals surface area contributed by atoms with Gasteiger partial charge in [-0.05, 0) is 26.7 Å². The van der Waals surface area contributed by atoms with E-state index in [0.717, 1.165) is 24.4 Å². The quantitative estimate of drug-likeness (QED) is 0.833. The standard InChI is InChI=1S/C11H19ClN2O2/c1-4-14-10(11(12)8(2)13-14)6-5-9(15)7-16-3/h9,15H,4-7H2,1-3H3. The van der Waals surface area contributed by atoms with Crippen molar-refractivity contribution in [2.45, 2.75) is 39.3 Å². The third-order valence-electron chi connectivity index (χ3n) is 2.53. The largest absolute Gasteiger partial charge is 0.391 e. The Morgan fingerprint density at radius 1 is 1.56 bits per heavy atom. The molecule has 0 aliphatic heterocycles. The highest BCUT2D eigenvalue weighted by molar-refractivity contribution is 6.31. The normalized spacial score (nSPS) is 13.1. The van der Waals surface area contributed by atoms with Gasteiger partial charge in [0.1, 0.15) is 0 Å². The molecular weight excluding hydrogens is 228 g/mol.